The summed E-state index contributed by atoms with van der Waals surface area (Å²) >= 11 is 0. The van der Waals surface area contributed by atoms with Crippen LogP contribution >= 0.6 is 24.0 Å². The molecular weight excluding hydrogens is 515 g/mol. The van der Waals surface area contributed by atoms with E-state index in [0.717, 1.165) is 58.3 Å². The topological polar surface area (TPSA) is 58.1 Å². The number of hydrogen-bond acceptors (Lipinski definition) is 4. The summed E-state index contributed by atoms with van der Waals surface area (Å²) in [5.74, 6) is 0.813. The Morgan fingerprint density at radius 3 is 2.41 bits per heavy atom. The van der Waals surface area contributed by atoms with Gasteiger partial charge in [-0.15, -0.1) is 24.0 Å². The van der Waals surface area contributed by atoms with Crippen molar-refractivity contribution < 1.29 is 9.47 Å². The standard InChI is InChI=1S/C25H36N4O2.HI/c1-21(24-7-4-3-5-8-24)31-16-6-13-27-25(26-2)28-19-22-9-11-23(12-10-22)20-29-14-17-30-18-15-29;/h3-5,7-12,21H,6,13-20H2,1-2H3,(H2,26,27,28);1H. The normalized spacial score (nSPS) is 15.6. The van der Waals surface area contributed by atoms with Gasteiger partial charge < -0.3 is 20.1 Å². The Balaban J connectivity index is 0.00000363. The van der Waals surface area contributed by atoms with Crippen molar-refractivity contribution in [1.82, 2.24) is 15.5 Å². The molecule has 0 saturated carbocycles. The fourth-order valence-corrected chi connectivity index (χ4v) is 3.55. The highest BCUT2D eigenvalue weighted by molar-refractivity contribution is 14.0. The summed E-state index contributed by atoms with van der Waals surface area (Å²) in [6, 6.07) is 19.1. The zero-order chi connectivity index (χ0) is 21.7. The van der Waals surface area contributed by atoms with Crippen LogP contribution in [0.25, 0.3) is 0 Å². The fraction of sp³-hybridized carbons (Fsp3) is 0.480. The van der Waals surface area contributed by atoms with Crippen LogP contribution in [0.1, 0.15) is 36.1 Å². The first-order valence-corrected chi connectivity index (χ1v) is 11.2. The molecule has 0 aromatic heterocycles. The van der Waals surface area contributed by atoms with E-state index in [9.17, 15) is 0 Å². The number of nitrogens with zero attached hydrogens (tertiary/aromatic N) is 2. The van der Waals surface area contributed by atoms with Crippen LogP contribution in [0.3, 0.4) is 0 Å². The molecule has 1 saturated heterocycles. The lowest BCUT2D eigenvalue weighted by atomic mass is 10.1. The number of morpholine rings is 1. The molecular formula is C25H37IN4O2. The minimum Gasteiger partial charge on any atom is -0.379 e. The van der Waals surface area contributed by atoms with Crippen LogP contribution in [0.15, 0.2) is 59.6 Å². The molecule has 1 unspecified atom stereocenters. The van der Waals surface area contributed by atoms with E-state index < -0.39 is 0 Å². The average molecular weight is 553 g/mol. The van der Waals surface area contributed by atoms with Crippen molar-refractivity contribution in [1.29, 1.82) is 0 Å². The van der Waals surface area contributed by atoms with Crippen molar-refractivity contribution in [2.45, 2.75) is 32.5 Å². The second-order valence-electron chi connectivity index (χ2n) is 7.83. The molecule has 32 heavy (non-hydrogen) atoms. The van der Waals surface area contributed by atoms with Crippen LogP contribution in [-0.2, 0) is 22.6 Å². The van der Waals surface area contributed by atoms with Gasteiger partial charge in [-0.2, -0.15) is 0 Å². The molecule has 1 heterocycles. The lowest BCUT2D eigenvalue weighted by Crippen LogP contribution is -2.37. The molecule has 2 N–H and O–H groups in total. The molecule has 7 heteroatoms. The van der Waals surface area contributed by atoms with Crippen molar-refractivity contribution in [2.24, 2.45) is 4.99 Å². The van der Waals surface area contributed by atoms with Crippen LogP contribution in [0.5, 0.6) is 0 Å². The number of benzene rings is 2. The first-order valence-electron chi connectivity index (χ1n) is 11.2. The second kappa shape index (κ2) is 15.2. The highest BCUT2D eigenvalue weighted by Crippen LogP contribution is 2.15. The van der Waals surface area contributed by atoms with Gasteiger partial charge in [0, 0.05) is 46.4 Å². The number of nitrogens with one attached hydrogen (secondary N) is 2. The Hall–Kier alpha value is -1.68. The van der Waals surface area contributed by atoms with Gasteiger partial charge in [-0.05, 0) is 30.0 Å². The van der Waals surface area contributed by atoms with Crippen molar-refractivity contribution in [3.05, 3.63) is 71.3 Å². The lowest BCUT2D eigenvalue weighted by Gasteiger charge is -2.26. The summed E-state index contributed by atoms with van der Waals surface area (Å²) in [4.78, 5) is 6.75. The summed E-state index contributed by atoms with van der Waals surface area (Å²) < 4.78 is 11.3. The first-order chi connectivity index (χ1) is 15.2. The summed E-state index contributed by atoms with van der Waals surface area (Å²) in [5, 5.41) is 6.74. The number of guanidine groups is 1. The van der Waals surface area contributed by atoms with Crippen LogP contribution < -0.4 is 10.6 Å². The zero-order valence-corrected chi connectivity index (χ0v) is 21.6. The van der Waals surface area contributed by atoms with Gasteiger partial charge in [0.05, 0.1) is 19.3 Å². The molecule has 2 aromatic rings. The van der Waals surface area contributed by atoms with E-state index in [0.29, 0.717) is 6.61 Å². The highest BCUT2D eigenvalue weighted by atomic mass is 127. The Bertz CT molecular complexity index is 780. The smallest absolute Gasteiger partial charge is 0.191 e. The molecule has 1 atom stereocenters. The summed E-state index contributed by atoms with van der Waals surface area (Å²) in [7, 11) is 1.80. The Labute approximate surface area is 209 Å². The maximum absolute atomic E-state index is 5.93. The SMILES string of the molecule is CN=C(NCCCOC(C)c1ccccc1)NCc1ccc(CN2CCOCC2)cc1.I. The van der Waals surface area contributed by atoms with Crippen LogP contribution in [0, 0.1) is 0 Å². The predicted molar refractivity (Wildman–Crippen MR) is 142 cm³/mol. The maximum Gasteiger partial charge on any atom is 0.191 e. The number of halogens is 1. The van der Waals surface area contributed by atoms with E-state index in [-0.39, 0.29) is 30.1 Å². The van der Waals surface area contributed by atoms with Gasteiger partial charge in [-0.3, -0.25) is 9.89 Å². The molecule has 0 bridgehead atoms. The molecule has 0 amide bonds. The van der Waals surface area contributed by atoms with E-state index in [1.807, 2.05) is 18.2 Å². The summed E-state index contributed by atoms with van der Waals surface area (Å²) in [6.45, 7) is 9.08. The summed E-state index contributed by atoms with van der Waals surface area (Å²) in [6.07, 6.45) is 1.04. The Morgan fingerprint density at radius 2 is 1.72 bits per heavy atom. The van der Waals surface area contributed by atoms with E-state index in [1.54, 1.807) is 7.05 Å². The molecule has 0 spiro atoms. The van der Waals surface area contributed by atoms with Crippen LogP contribution in [0.4, 0.5) is 0 Å². The monoisotopic (exact) mass is 552 g/mol. The molecule has 1 aliphatic heterocycles. The number of hydrogen-bond donors (Lipinski definition) is 2. The zero-order valence-electron chi connectivity index (χ0n) is 19.3. The molecule has 2 aromatic carbocycles. The number of aliphatic imine (C=N–C) groups is 1. The van der Waals surface area contributed by atoms with Crippen LogP contribution in [0.2, 0.25) is 0 Å². The molecule has 1 aliphatic rings. The molecule has 3 rings (SSSR count). The van der Waals surface area contributed by atoms with E-state index in [4.69, 9.17) is 9.47 Å². The van der Waals surface area contributed by atoms with Gasteiger partial charge in [0.15, 0.2) is 5.96 Å². The lowest BCUT2D eigenvalue weighted by molar-refractivity contribution is 0.0342. The highest BCUT2D eigenvalue weighted by Gasteiger charge is 2.10. The third-order valence-electron chi connectivity index (χ3n) is 5.47. The molecule has 0 aliphatic carbocycles. The van der Waals surface area contributed by atoms with Crippen LogP contribution in [-0.4, -0.2) is 57.4 Å². The minimum atomic E-state index is 0. The fourth-order valence-electron chi connectivity index (χ4n) is 3.55. The largest absolute Gasteiger partial charge is 0.379 e. The van der Waals surface area contributed by atoms with Gasteiger partial charge >= 0.3 is 0 Å². The third-order valence-corrected chi connectivity index (χ3v) is 5.47. The average Bonchev–Trinajstić information content (AvgIpc) is 2.83. The summed E-state index contributed by atoms with van der Waals surface area (Å²) in [5.41, 5.74) is 3.80. The van der Waals surface area contributed by atoms with E-state index in [2.05, 4.69) is 63.8 Å². The second-order valence-corrected chi connectivity index (χ2v) is 7.83. The van der Waals surface area contributed by atoms with Gasteiger partial charge in [0.2, 0.25) is 0 Å². The molecule has 6 nitrogen and oxygen atoms in total. The van der Waals surface area contributed by atoms with Gasteiger partial charge in [-0.1, -0.05) is 54.6 Å². The van der Waals surface area contributed by atoms with E-state index in [1.165, 1.54) is 16.7 Å². The minimum absolute atomic E-state index is 0. The van der Waals surface area contributed by atoms with Crippen molar-refractivity contribution in [3.8, 4) is 0 Å². The number of ether oxygens (including phenoxy) is 2. The van der Waals surface area contributed by atoms with Gasteiger partial charge in [0.25, 0.3) is 0 Å². The Morgan fingerprint density at radius 1 is 1.03 bits per heavy atom. The van der Waals surface area contributed by atoms with Crippen molar-refractivity contribution in [2.75, 3.05) is 46.5 Å². The van der Waals surface area contributed by atoms with Gasteiger partial charge in [-0.25, -0.2) is 0 Å². The number of rotatable bonds is 10. The first kappa shape index (κ1) is 26.6. The van der Waals surface area contributed by atoms with E-state index >= 15 is 0 Å². The van der Waals surface area contributed by atoms with Crippen molar-refractivity contribution >= 4 is 29.9 Å². The van der Waals surface area contributed by atoms with Gasteiger partial charge in [0.1, 0.15) is 0 Å². The molecule has 176 valence electrons. The van der Waals surface area contributed by atoms with Crippen molar-refractivity contribution in [3.63, 3.8) is 0 Å². The molecule has 1 fully saturated rings. The Kier molecular flexibility index (Phi) is 12.6. The third kappa shape index (κ3) is 9.44. The molecule has 0 radical (unpaired) electrons. The maximum atomic E-state index is 5.93. The predicted octanol–water partition coefficient (Wildman–Crippen LogP) is 3.97. The quantitative estimate of drug-likeness (QED) is 0.202.